The summed E-state index contributed by atoms with van der Waals surface area (Å²) in [5.41, 5.74) is 16.6. The number of carboxylic acids is 6. The first-order valence-electron chi connectivity index (χ1n) is 53.4. The molecule has 0 aromatic carbocycles. The minimum absolute atomic E-state index is 0.109. The number of allylic oxidation sites excluding steroid dienone is 22. The van der Waals surface area contributed by atoms with Gasteiger partial charge in [0.2, 0.25) is 0 Å². The number of carbonyl (C=O) groups is 6. The predicted molar refractivity (Wildman–Crippen MR) is 537 cm³/mol. The summed E-state index contributed by atoms with van der Waals surface area (Å²) >= 11 is 0. The lowest BCUT2D eigenvalue weighted by Gasteiger charge is -2.59. The lowest BCUT2D eigenvalue weighted by atomic mass is 9.45. The monoisotopic (exact) mass is 1810 g/mol. The Balaban J connectivity index is 0.000000135. The molecule has 0 bridgehead atoms. The van der Waals surface area contributed by atoms with E-state index in [-0.39, 0.29) is 49.2 Å². The van der Waals surface area contributed by atoms with Crippen molar-refractivity contribution in [3.63, 3.8) is 0 Å². The molecule has 10 fully saturated rings. The average Bonchev–Trinajstić information content (AvgIpc) is 0.732. The van der Waals surface area contributed by atoms with Gasteiger partial charge in [0.05, 0.1) is 32.5 Å². The fourth-order valence-electron chi connectivity index (χ4n) is 34.5. The Labute approximate surface area is 799 Å². The van der Waals surface area contributed by atoms with Crippen molar-refractivity contribution in [1.82, 2.24) is 0 Å². The minimum atomic E-state index is -0.588. The third-order valence-electron chi connectivity index (χ3n) is 43.0. The second-order valence-electron chi connectivity index (χ2n) is 51.4. The molecule has 0 amide bonds. The standard InChI is InChI=1S/6C20H30O2/c4*1-13(2)14-6-8-16-15(12-14)7-9-17-19(16,3)10-5-11-20(17,4)18(21)22;2*1-5-18(2)12-9-15-14(13-18)7-8-16-19(15,3)10-6-11-20(16,4)17(21)22/h12,16-17H,5-11H2,1-4H3,(H,21,22);12-13,17H,5-11H2,1-4H3,(H,21,22);7,12-13,16-17H,5-6,8-11H2,1-4H3,(H,21,22);6,12-13,16-17H,5,7-11H2,1-4H3,(H,21,22);2*5,13,15-16H,1,6-12H2,2-4H3,(H,21,22). The highest BCUT2D eigenvalue weighted by Crippen LogP contribution is 2.71. The molecule has 0 aromatic rings. The van der Waals surface area contributed by atoms with E-state index in [1.54, 1.807) is 44.6 Å². The van der Waals surface area contributed by atoms with Crippen molar-refractivity contribution in [3.8, 4) is 0 Å². The molecule has 25 atom stereocenters. The molecule has 732 valence electrons. The maximum absolute atomic E-state index is 12.0. The minimum Gasteiger partial charge on any atom is -0.481 e. The Bertz CT molecular complexity index is 4650. The molecule has 18 aliphatic carbocycles. The summed E-state index contributed by atoms with van der Waals surface area (Å²) in [5.74, 6) is 3.15. The number of carboxylic acid groups (broad SMARTS) is 6. The molecule has 18 aliphatic rings. The van der Waals surface area contributed by atoms with Crippen molar-refractivity contribution >= 4 is 35.8 Å². The largest absolute Gasteiger partial charge is 0.481 e. The quantitative estimate of drug-likeness (QED) is 0.106. The molecule has 0 saturated heterocycles. The van der Waals surface area contributed by atoms with Gasteiger partial charge in [0.25, 0.3) is 0 Å². The van der Waals surface area contributed by atoms with Crippen LogP contribution in [0.25, 0.3) is 0 Å². The van der Waals surface area contributed by atoms with Gasteiger partial charge in [0, 0.05) is 10.8 Å². The molecule has 6 N–H and O–H groups in total. The van der Waals surface area contributed by atoms with E-state index in [0.717, 1.165) is 173 Å². The second-order valence-corrected chi connectivity index (χ2v) is 51.4. The third-order valence-corrected chi connectivity index (χ3v) is 43.0. The molecule has 132 heavy (non-hydrogen) atoms. The summed E-state index contributed by atoms with van der Waals surface area (Å²) in [6, 6.07) is 0. The van der Waals surface area contributed by atoms with Crippen LogP contribution in [0.3, 0.4) is 0 Å². The first-order valence-corrected chi connectivity index (χ1v) is 53.4. The summed E-state index contributed by atoms with van der Waals surface area (Å²) in [7, 11) is 0. The number of hydrogen-bond donors (Lipinski definition) is 6. The average molecular weight is 1810 g/mol. The van der Waals surface area contributed by atoms with Crippen LogP contribution < -0.4 is 0 Å². The van der Waals surface area contributed by atoms with E-state index in [1.165, 1.54) is 106 Å². The Kier molecular flexibility index (Phi) is 29.8. The van der Waals surface area contributed by atoms with Gasteiger partial charge in [0.15, 0.2) is 0 Å². The van der Waals surface area contributed by atoms with Crippen LogP contribution in [0.5, 0.6) is 0 Å². The van der Waals surface area contributed by atoms with E-state index >= 15 is 0 Å². The first-order chi connectivity index (χ1) is 61.7. The van der Waals surface area contributed by atoms with Crippen molar-refractivity contribution in [2.75, 3.05) is 0 Å². The zero-order chi connectivity index (χ0) is 96.8. The number of rotatable bonds is 11. The van der Waals surface area contributed by atoms with Crippen molar-refractivity contribution in [3.05, 3.63) is 141 Å². The predicted octanol–water partition coefficient (Wildman–Crippen LogP) is 31.5. The van der Waals surface area contributed by atoms with Crippen molar-refractivity contribution in [2.45, 2.75) is 409 Å². The van der Waals surface area contributed by atoms with E-state index < -0.39 is 68.3 Å². The fraction of sp³-hybridized carbons (Fsp3) is 0.750. The molecule has 0 heterocycles. The molecule has 25 unspecified atom stereocenters. The van der Waals surface area contributed by atoms with Gasteiger partial charge in [-0.3, -0.25) is 28.8 Å². The topological polar surface area (TPSA) is 224 Å². The summed E-state index contributed by atoms with van der Waals surface area (Å²) in [4.78, 5) is 71.7. The SMILES string of the molecule is C=CC1(C)C=C2CCC3C(C)(C(=O)O)CCCC3(C)C2CC1.C=CC1(C)C=C2CCC3C(C)(C(=O)O)CCCC3(C)C2CC1.CC(C)=C1C=C2CCC3C(C)(C(=O)O)CCCC3(C)C2CC1.CC(C)C1=CC2=C(CC1)C1(C)CCCC(C)(C(=O)O)C1CC2.CC(C)C1=CC2=CCC3C(C)(C(=O)O)CCCC3(C)C2CC1.CC(C)C1=CCC2C(=C1)CCC1C(C)(C(=O)O)CCCC21C. The molecule has 0 radical (unpaired) electrons. The van der Waals surface area contributed by atoms with Crippen molar-refractivity contribution in [1.29, 1.82) is 0 Å². The van der Waals surface area contributed by atoms with Crippen LogP contribution in [0.15, 0.2) is 141 Å². The molecule has 0 spiro atoms. The zero-order valence-corrected chi connectivity index (χ0v) is 86.7. The van der Waals surface area contributed by atoms with Crippen LogP contribution in [-0.2, 0) is 28.8 Å². The van der Waals surface area contributed by atoms with Crippen LogP contribution in [0, 0.1) is 159 Å². The zero-order valence-electron chi connectivity index (χ0n) is 86.7. The molecule has 18 rings (SSSR count). The molecule has 12 nitrogen and oxygen atoms in total. The second kappa shape index (κ2) is 38.1. The van der Waals surface area contributed by atoms with Gasteiger partial charge in [-0.15, -0.1) is 13.2 Å². The smallest absolute Gasteiger partial charge is 0.309 e. The first kappa shape index (κ1) is 103. The highest BCUT2D eigenvalue weighted by Gasteiger charge is 2.65. The van der Waals surface area contributed by atoms with Gasteiger partial charge >= 0.3 is 35.8 Å². The van der Waals surface area contributed by atoms with Crippen LogP contribution in [0.1, 0.15) is 409 Å². The molecule has 12 heteroatoms. The van der Waals surface area contributed by atoms with Crippen LogP contribution >= 0.6 is 0 Å². The van der Waals surface area contributed by atoms with Gasteiger partial charge in [-0.2, -0.15) is 0 Å². The fourth-order valence-corrected chi connectivity index (χ4v) is 34.5. The Morgan fingerprint density at radius 3 is 1.07 bits per heavy atom. The van der Waals surface area contributed by atoms with E-state index in [4.69, 9.17) is 0 Å². The summed E-state index contributed by atoms with van der Waals surface area (Å²) in [6.07, 6.45) is 66.7. The molecular weight excluding hydrogens is 1630 g/mol. The summed E-state index contributed by atoms with van der Waals surface area (Å²) in [6.45, 7) is 57.0. The van der Waals surface area contributed by atoms with Gasteiger partial charge in [0.1, 0.15) is 0 Å². The third kappa shape index (κ3) is 18.2. The van der Waals surface area contributed by atoms with E-state index in [0.29, 0.717) is 76.9 Å². The molecular formula is C120H180O12. The lowest BCUT2D eigenvalue weighted by Crippen LogP contribution is -2.54. The van der Waals surface area contributed by atoms with E-state index in [1.807, 2.05) is 41.5 Å². The normalized spacial score (nSPS) is 43.0. The van der Waals surface area contributed by atoms with Gasteiger partial charge < -0.3 is 30.6 Å². The number of fused-ring (bicyclic) bond motifs is 17. The summed E-state index contributed by atoms with van der Waals surface area (Å²) < 4.78 is 0. The van der Waals surface area contributed by atoms with Gasteiger partial charge in [-0.1, -0.05) is 241 Å². The van der Waals surface area contributed by atoms with Crippen LogP contribution in [0.2, 0.25) is 0 Å². The van der Waals surface area contributed by atoms with Gasteiger partial charge in [-0.05, 0) is 411 Å². The Hall–Kier alpha value is -6.30. The van der Waals surface area contributed by atoms with E-state index in [2.05, 4.69) is 185 Å². The van der Waals surface area contributed by atoms with Gasteiger partial charge in [-0.25, -0.2) is 0 Å². The molecule has 0 aromatic heterocycles. The van der Waals surface area contributed by atoms with E-state index in [9.17, 15) is 59.4 Å². The number of hydrogen-bond acceptors (Lipinski definition) is 6. The Morgan fingerprint density at radius 1 is 0.326 bits per heavy atom. The molecule has 10 saturated carbocycles. The molecule has 0 aliphatic heterocycles. The van der Waals surface area contributed by atoms with Crippen LogP contribution in [0.4, 0.5) is 0 Å². The highest BCUT2D eigenvalue weighted by atomic mass is 16.4. The number of aliphatic carboxylic acids is 6. The summed E-state index contributed by atoms with van der Waals surface area (Å²) in [5, 5.41) is 59.0. The maximum Gasteiger partial charge on any atom is 0.309 e. The van der Waals surface area contributed by atoms with Crippen molar-refractivity contribution < 1.29 is 59.4 Å². The van der Waals surface area contributed by atoms with Crippen molar-refractivity contribution in [2.24, 2.45) is 159 Å². The maximum atomic E-state index is 12.0. The highest BCUT2D eigenvalue weighted by molar-refractivity contribution is 5.78. The van der Waals surface area contributed by atoms with Crippen LogP contribution in [-0.4, -0.2) is 66.5 Å². The Morgan fingerprint density at radius 2 is 0.674 bits per heavy atom. The lowest BCUT2D eigenvalue weighted by molar-refractivity contribution is -0.165.